The number of nitrogens with two attached hydrogens (primary N) is 1. The number of hydrogen-bond donors (Lipinski definition) is 2. The van der Waals surface area contributed by atoms with Crippen LogP contribution in [0.1, 0.15) is 19.3 Å². The molecule has 8 nitrogen and oxygen atoms in total. The number of hydrogen-bond acceptors (Lipinski definition) is 8. The number of aryl methyl sites for hydroxylation is 1. The highest BCUT2D eigenvalue weighted by Crippen LogP contribution is 2.36. The van der Waals surface area contributed by atoms with Crippen LogP contribution < -0.4 is 5.73 Å². The quantitative estimate of drug-likeness (QED) is 0.781. The van der Waals surface area contributed by atoms with E-state index in [-0.39, 0.29) is 6.61 Å². The van der Waals surface area contributed by atoms with Crippen molar-refractivity contribution < 1.29 is 14.6 Å². The Kier molecular flexibility index (Phi) is 5.12. The Morgan fingerprint density at radius 1 is 1.30 bits per heavy atom. The van der Waals surface area contributed by atoms with Gasteiger partial charge in [-0.25, -0.2) is 15.0 Å². The van der Waals surface area contributed by atoms with Crippen molar-refractivity contribution in [1.29, 1.82) is 0 Å². The fourth-order valence-electron chi connectivity index (χ4n) is 2.83. The highest BCUT2D eigenvalue weighted by Gasteiger charge is 2.21. The van der Waals surface area contributed by atoms with Crippen molar-refractivity contribution in [2.75, 3.05) is 12.3 Å². The van der Waals surface area contributed by atoms with Gasteiger partial charge in [-0.1, -0.05) is 18.2 Å². The van der Waals surface area contributed by atoms with Crippen LogP contribution in [-0.2, 0) is 16.0 Å². The summed E-state index contributed by atoms with van der Waals surface area (Å²) >= 11 is 1.32. The van der Waals surface area contributed by atoms with Crippen LogP contribution in [0.4, 0.5) is 5.82 Å². The predicted octanol–water partition coefficient (Wildman–Crippen LogP) is 2.85. The zero-order chi connectivity index (χ0) is 18.6. The lowest BCUT2D eigenvalue weighted by Crippen LogP contribution is -2.05. The average Bonchev–Trinajstić information content (AvgIpc) is 3.06. The van der Waals surface area contributed by atoms with E-state index in [2.05, 4.69) is 21.0 Å². The van der Waals surface area contributed by atoms with Gasteiger partial charge in [-0.3, -0.25) is 0 Å². The fourth-order valence-corrected chi connectivity index (χ4v) is 3.67. The minimum absolute atomic E-state index is 0.0706. The number of aromatic nitrogens is 4. The van der Waals surface area contributed by atoms with Crippen molar-refractivity contribution in [3.05, 3.63) is 53.5 Å². The van der Waals surface area contributed by atoms with E-state index >= 15 is 0 Å². The van der Waals surface area contributed by atoms with E-state index in [1.54, 1.807) is 6.26 Å². The molecule has 0 amide bonds. The normalized spacial score (nSPS) is 16.4. The molecule has 0 unspecified atom stereocenters. The molecule has 9 heteroatoms. The molecule has 2 aliphatic rings. The molecule has 1 aliphatic heterocycles. The van der Waals surface area contributed by atoms with Gasteiger partial charge in [0, 0.05) is 13.2 Å². The molecular weight excluding hydrogens is 366 g/mol. The summed E-state index contributed by atoms with van der Waals surface area (Å²) in [4.78, 5) is 12.9. The summed E-state index contributed by atoms with van der Waals surface area (Å²) in [5.74, 6) is 1.01. The van der Waals surface area contributed by atoms with Crippen molar-refractivity contribution >= 4 is 28.7 Å². The zero-order valence-electron chi connectivity index (χ0n) is 14.5. The first-order valence-corrected chi connectivity index (χ1v) is 9.43. The van der Waals surface area contributed by atoms with Gasteiger partial charge in [0.2, 0.25) is 5.09 Å². The average molecular weight is 385 g/mol. The molecule has 3 N–H and O–H groups in total. The van der Waals surface area contributed by atoms with Crippen LogP contribution in [0.5, 0.6) is 0 Å². The number of aliphatic hydroxyl groups excluding tert-OH is 1. The number of thioether (sulfide) groups is 1. The van der Waals surface area contributed by atoms with Crippen LogP contribution in [0, 0.1) is 0 Å². The smallest absolute Gasteiger partial charge is 0.203 e. The van der Waals surface area contributed by atoms with Crippen LogP contribution in [-0.4, -0.2) is 31.2 Å². The Balaban J connectivity index is 1.59. The molecule has 140 valence electrons. The molecule has 1 aliphatic carbocycles. The first-order valence-electron chi connectivity index (χ1n) is 8.61. The maximum atomic E-state index is 9.21. The number of anilines is 1. The third kappa shape index (κ3) is 3.69. The largest absolute Gasteiger partial charge is 0.464 e. The van der Waals surface area contributed by atoms with Crippen molar-refractivity contribution in [2.45, 2.75) is 31.0 Å². The lowest BCUT2D eigenvalue weighted by atomic mass is 10.0. The molecule has 0 spiro atoms. The summed E-state index contributed by atoms with van der Waals surface area (Å²) in [5.41, 5.74) is 8.20. The van der Waals surface area contributed by atoms with Crippen molar-refractivity contribution in [2.24, 2.45) is 0 Å². The molecule has 4 rings (SSSR count). The third-order valence-electron chi connectivity index (χ3n) is 4.14. The second kappa shape index (κ2) is 7.85. The molecule has 0 saturated heterocycles. The van der Waals surface area contributed by atoms with E-state index < -0.39 is 0 Å². The Morgan fingerprint density at radius 2 is 2.22 bits per heavy atom. The standard InChI is InChI=1S/C18H19N5O3S/c19-16-15-17(21-11-20-16)23(7-4-8-24)18(22-15)27-14-10-25-9-13(26-14)12-5-2-1-3-6-12/h1-2,5,9-11,24H,3-4,6-8H2,(H2,19,20,21). The second-order valence-corrected chi connectivity index (χ2v) is 6.94. The number of aliphatic hydroxyl groups is 1. The molecule has 0 saturated carbocycles. The number of nitrogens with zero attached hydrogens (tertiary/aromatic N) is 4. The number of ether oxygens (including phenoxy) is 2. The first-order chi connectivity index (χ1) is 13.3. The van der Waals surface area contributed by atoms with E-state index in [4.69, 9.17) is 15.2 Å². The molecule has 27 heavy (non-hydrogen) atoms. The number of rotatable bonds is 6. The van der Waals surface area contributed by atoms with E-state index in [0.29, 0.717) is 46.0 Å². The molecule has 2 aromatic heterocycles. The molecule has 0 fully saturated rings. The highest BCUT2D eigenvalue weighted by atomic mass is 32.2. The Labute approximate surface area is 160 Å². The summed E-state index contributed by atoms with van der Waals surface area (Å²) in [7, 11) is 0. The number of nitrogen functional groups attached to an aromatic ring is 1. The van der Waals surface area contributed by atoms with Gasteiger partial charge in [0.15, 0.2) is 27.9 Å². The van der Waals surface area contributed by atoms with E-state index in [1.165, 1.54) is 24.4 Å². The Morgan fingerprint density at radius 3 is 3.04 bits per heavy atom. The zero-order valence-corrected chi connectivity index (χ0v) is 15.4. The highest BCUT2D eigenvalue weighted by molar-refractivity contribution is 8.02. The van der Waals surface area contributed by atoms with Gasteiger partial charge >= 0.3 is 0 Å². The molecule has 0 radical (unpaired) electrons. The summed E-state index contributed by atoms with van der Waals surface area (Å²) < 4.78 is 13.4. The number of allylic oxidation sites excluding steroid dienone is 4. The summed E-state index contributed by atoms with van der Waals surface area (Å²) in [6.45, 7) is 0.625. The van der Waals surface area contributed by atoms with Gasteiger partial charge in [0.25, 0.3) is 0 Å². The van der Waals surface area contributed by atoms with Gasteiger partial charge in [0.05, 0.1) is 0 Å². The summed E-state index contributed by atoms with van der Waals surface area (Å²) in [6, 6.07) is 0. The fraction of sp³-hybridized carbons (Fsp3) is 0.278. The third-order valence-corrected chi connectivity index (χ3v) is 5.01. The monoisotopic (exact) mass is 385 g/mol. The number of fused-ring (bicyclic) bond motifs is 1. The van der Waals surface area contributed by atoms with Crippen LogP contribution in [0.3, 0.4) is 0 Å². The minimum Gasteiger partial charge on any atom is -0.464 e. The van der Waals surface area contributed by atoms with Gasteiger partial charge in [-0.05, 0) is 36.6 Å². The van der Waals surface area contributed by atoms with Crippen molar-refractivity contribution in [1.82, 2.24) is 19.5 Å². The maximum absolute atomic E-state index is 9.21. The van der Waals surface area contributed by atoms with E-state index in [0.717, 1.165) is 18.4 Å². The van der Waals surface area contributed by atoms with Crippen LogP contribution in [0.25, 0.3) is 11.2 Å². The summed E-state index contributed by atoms with van der Waals surface area (Å²) in [5, 5.41) is 10.4. The van der Waals surface area contributed by atoms with Crippen LogP contribution >= 0.6 is 11.8 Å². The molecular formula is C18H19N5O3S. The molecule has 0 atom stereocenters. The Bertz CT molecular complexity index is 977. The van der Waals surface area contributed by atoms with Gasteiger partial charge in [-0.2, -0.15) is 0 Å². The topological polar surface area (TPSA) is 108 Å². The lowest BCUT2D eigenvalue weighted by Gasteiger charge is -2.19. The van der Waals surface area contributed by atoms with Crippen LogP contribution in [0.15, 0.2) is 58.7 Å². The molecule has 2 aromatic rings. The Hall–Kier alpha value is -2.78. The van der Waals surface area contributed by atoms with Gasteiger partial charge in [0.1, 0.15) is 18.9 Å². The van der Waals surface area contributed by atoms with Gasteiger partial charge < -0.3 is 24.9 Å². The molecule has 0 aromatic carbocycles. The second-order valence-electron chi connectivity index (χ2n) is 5.97. The van der Waals surface area contributed by atoms with E-state index in [9.17, 15) is 5.11 Å². The summed E-state index contributed by atoms with van der Waals surface area (Å²) in [6.07, 6.45) is 13.2. The van der Waals surface area contributed by atoms with Crippen LogP contribution in [0.2, 0.25) is 0 Å². The predicted molar refractivity (Wildman–Crippen MR) is 102 cm³/mol. The first kappa shape index (κ1) is 17.6. The van der Waals surface area contributed by atoms with Gasteiger partial charge in [-0.15, -0.1) is 0 Å². The van der Waals surface area contributed by atoms with Crippen molar-refractivity contribution in [3.63, 3.8) is 0 Å². The SMILES string of the molecule is Nc1ncnc2c1nc(SC1=COC=C(C3=CC=CCC3)O1)n2CCCO. The lowest BCUT2D eigenvalue weighted by molar-refractivity contribution is 0.252. The van der Waals surface area contributed by atoms with Crippen molar-refractivity contribution in [3.8, 4) is 0 Å². The molecule has 3 heterocycles. The maximum Gasteiger partial charge on any atom is 0.203 e. The minimum atomic E-state index is 0.0706. The number of imidazole rings is 1. The molecule has 0 bridgehead atoms. The van der Waals surface area contributed by atoms with E-state index in [1.807, 2.05) is 16.7 Å².